The van der Waals surface area contributed by atoms with Crippen LogP contribution in [-0.2, 0) is 11.2 Å². The number of fused-ring (bicyclic) bond motifs is 1. The van der Waals surface area contributed by atoms with E-state index in [4.69, 9.17) is 9.62 Å². The number of carbonyl (C=O) groups excluding carboxylic acids is 1. The molecule has 7 heteroatoms. The van der Waals surface area contributed by atoms with E-state index in [1.54, 1.807) is 0 Å². The smallest absolute Gasteiger partial charge is 0.339 e. The maximum absolute atomic E-state index is 12.4. The standard InChI is InChI=1S/C20H29N3O4/c1-5-23(6-2)15-7-8-16-14(3)17(20(25)27-18(16)13-15)9-10-19(24)21-11-12-22(4)26/h7-8,13,26H,5-6,9-12H2,1-4H3,(H,21,24). The number of aryl methyl sites for hydroxylation is 1. The number of hydrogen-bond donors (Lipinski definition) is 2. The fourth-order valence-electron chi connectivity index (χ4n) is 3.14. The van der Waals surface area contributed by atoms with Crippen molar-refractivity contribution in [2.45, 2.75) is 33.6 Å². The zero-order valence-corrected chi connectivity index (χ0v) is 16.5. The number of likely N-dealkylation sites (N-methyl/N-ethyl adjacent to an activating group) is 1. The molecule has 0 fully saturated rings. The molecule has 148 valence electrons. The summed E-state index contributed by atoms with van der Waals surface area (Å²) in [6.07, 6.45) is 0.520. The molecule has 27 heavy (non-hydrogen) atoms. The molecule has 0 bridgehead atoms. The summed E-state index contributed by atoms with van der Waals surface area (Å²) in [5.74, 6) is -0.160. The molecule has 0 atom stereocenters. The lowest BCUT2D eigenvalue weighted by atomic mass is 10.0. The van der Waals surface area contributed by atoms with Crippen LogP contribution in [0.25, 0.3) is 11.0 Å². The van der Waals surface area contributed by atoms with Crippen LogP contribution in [0.1, 0.15) is 31.4 Å². The molecule has 1 aromatic carbocycles. The van der Waals surface area contributed by atoms with Crippen LogP contribution in [0.3, 0.4) is 0 Å². The van der Waals surface area contributed by atoms with E-state index >= 15 is 0 Å². The number of amides is 1. The van der Waals surface area contributed by atoms with Gasteiger partial charge in [-0.15, -0.1) is 0 Å². The van der Waals surface area contributed by atoms with Crippen molar-refractivity contribution in [2.75, 3.05) is 38.1 Å². The van der Waals surface area contributed by atoms with Crippen molar-refractivity contribution in [1.82, 2.24) is 10.4 Å². The molecule has 2 aromatic rings. The Morgan fingerprint density at radius 3 is 2.59 bits per heavy atom. The molecule has 0 aliphatic carbocycles. The number of nitrogens with zero attached hydrogens (tertiary/aromatic N) is 2. The molecule has 1 aromatic heterocycles. The van der Waals surface area contributed by atoms with Gasteiger partial charge in [0.15, 0.2) is 0 Å². The molecule has 0 saturated heterocycles. The second-order valence-electron chi connectivity index (χ2n) is 6.58. The highest BCUT2D eigenvalue weighted by Crippen LogP contribution is 2.25. The third-order valence-electron chi connectivity index (χ3n) is 4.76. The van der Waals surface area contributed by atoms with Crippen LogP contribution in [0, 0.1) is 6.92 Å². The summed E-state index contributed by atoms with van der Waals surface area (Å²) in [4.78, 5) is 26.6. The molecule has 1 amide bonds. The van der Waals surface area contributed by atoms with Gasteiger partial charge in [-0.1, -0.05) is 0 Å². The fraction of sp³-hybridized carbons (Fsp3) is 0.500. The Morgan fingerprint density at radius 2 is 1.96 bits per heavy atom. The molecule has 0 aliphatic heterocycles. The maximum Gasteiger partial charge on any atom is 0.339 e. The monoisotopic (exact) mass is 375 g/mol. The first-order chi connectivity index (χ1) is 12.9. The van der Waals surface area contributed by atoms with E-state index in [-0.39, 0.29) is 18.0 Å². The molecule has 2 N–H and O–H groups in total. The predicted molar refractivity (Wildman–Crippen MR) is 107 cm³/mol. The number of nitrogens with one attached hydrogen (secondary N) is 1. The van der Waals surface area contributed by atoms with Crippen LogP contribution in [0.5, 0.6) is 0 Å². The van der Waals surface area contributed by atoms with E-state index in [9.17, 15) is 9.59 Å². The van der Waals surface area contributed by atoms with Crippen molar-refractivity contribution in [3.8, 4) is 0 Å². The summed E-state index contributed by atoms with van der Waals surface area (Å²) in [7, 11) is 1.52. The zero-order valence-electron chi connectivity index (χ0n) is 16.5. The van der Waals surface area contributed by atoms with Crippen LogP contribution >= 0.6 is 0 Å². The largest absolute Gasteiger partial charge is 0.422 e. The number of carbonyl (C=O) groups is 1. The van der Waals surface area contributed by atoms with Gasteiger partial charge >= 0.3 is 5.63 Å². The van der Waals surface area contributed by atoms with Crippen LogP contribution in [0.15, 0.2) is 27.4 Å². The Bertz CT molecular complexity index is 841. The van der Waals surface area contributed by atoms with Crippen LogP contribution in [0.4, 0.5) is 5.69 Å². The molecular formula is C20H29N3O4. The fourth-order valence-corrected chi connectivity index (χ4v) is 3.14. The molecular weight excluding hydrogens is 346 g/mol. The van der Waals surface area contributed by atoms with E-state index in [1.807, 2.05) is 25.1 Å². The van der Waals surface area contributed by atoms with Crippen LogP contribution < -0.4 is 15.8 Å². The van der Waals surface area contributed by atoms with E-state index in [0.29, 0.717) is 30.7 Å². The highest BCUT2D eigenvalue weighted by atomic mass is 16.5. The average Bonchev–Trinajstić information content (AvgIpc) is 2.62. The average molecular weight is 375 g/mol. The van der Waals surface area contributed by atoms with E-state index in [0.717, 1.165) is 34.8 Å². The minimum absolute atomic E-state index is 0.160. The van der Waals surface area contributed by atoms with Crippen molar-refractivity contribution in [3.05, 3.63) is 39.7 Å². The normalized spacial score (nSPS) is 11.2. The van der Waals surface area contributed by atoms with Gasteiger partial charge in [-0.25, -0.2) is 4.79 Å². The number of rotatable bonds is 9. The lowest BCUT2D eigenvalue weighted by Crippen LogP contribution is -2.32. The van der Waals surface area contributed by atoms with E-state index in [2.05, 4.69) is 24.1 Å². The SMILES string of the molecule is CCN(CC)c1ccc2c(C)c(CCC(=O)NCCN(C)O)c(=O)oc2c1. The van der Waals surface area contributed by atoms with E-state index in [1.165, 1.54) is 7.05 Å². The minimum Gasteiger partial charge on any atom is -0.422 e. The lowest BCUT2D eigenvalue weighted by molar-refractivity contribution is -0.121. The third kappa shape index (κ3) is 5.30. The summed E-state index contributed by atoms with van der Waals surface area (Å²) in [6.45, 7) is 8.52. The van der Waals surface area contributed by atoms with Gasteiger partial charge in [0.05, 0.1) is 0 Å². The highest BCUT2D eigenvalue weighted by Gasteiger charge is 2.14. The first-order valence-corrected chi connectivity index (χ1v) is 9.35. The number of hydroxylamine groups is 2. The van der Waals surface area contributed by atoms with Crippen molar-refractivity contribution in [1.29, 1.82) is 0 Å². The third-order valence-corrected chi connectivity index (χ3v) is 4.76. The van der Waals surface area contributed by atoms with Gasteiger partial charge in [0, 0.05) is 62.4 Å². The molecule has 7 nitrogen and oxygen atoms in total. The first kappa shape index (κ1) is 20.9. The molecule has 0 spiro atoms. The number of anilines is 1. The van der Waals surface area contributed by atoms with Gasteiger partial charge in [-0.2, -0.15) is 5.06 Å². The second-order valence-corrected chi connectivity index (χ2v) is 6.58. The lowest BCUT2D eigenvalue weighted by Gasteiger charge is -2.21. The van der Waals surface area contributed by atoms with Crippen molar-refractivity contribution in [2.24, 2.45) is 0 Å². The molecule has 0 aliphatic rings. The maximum atomic E-state index is 12.4. The number of benzene rings is 1. The molecule has 0 radical (unpaired) electrons. The Labute approximate surface area is 159 Å². The van der Waals surface area contributed by atoms with Gasteiger partial charge < -0.3 is 19.8 Å². The Balaban J connectivity index is 2.17. The van der Waals surface area contributed by atoms with Gasteiger partial charge in [-0.3, -0.25) is 4.79 Å². The van der Waals surface area contributed by atoms with Crippen molar-refractivity contribution >= 4 is 22.6 Å². The van der Waals surface area contributed by atoms with Crippen molar-refractivity contribution < 1.29 is 14.4 Å². The first-order valence-electron chi connectivity index (χ1n) is 9.35. The van der Waals surface area contributed by atoms with Gasteiger partial charge in [0.1, 0.15) is 5.58 Å². The Hall–Kier alpha value is -2.38. The molecule has 0 saturated carbocycles. The van der Waals surface area contributed by atoms with Gasteiger partial charge in [0.2, 0.25) is 5.91 Å². The summed E-state index contributed by atoms with van der Waals surface area (Å²) >= 11 is 0. The molecule has 0 unspecified atom stereocenters. The highest BCUT2D eigenvalue weighted by molar-refractivity contribution is 5.84. The van der Waals surface area contributed by atoms with Gasteiger partial charge in [0.25, 0.3) is 0 Å². The van der Waals surface area contributed by atoms with Crippen molar-refractivity contribution in [3.63, 3.8) is 0 Å². The summed E-state index contributed by atoms with van der Waals surface area (Å²) in [6, 6.07) is 5.91. The molecule has 1 heterocycles. The predicted octanol–water partition coefficient (Wildman–Crippen LogP) is 2.32. The molecule has 2 rings (SSSR count). The van der Waals surface area contributed by atoms with Gasteiger partial charge in [-0.05, 0) is 44.9 Å². The quantitative estimate of drug-likeness (QED) is 0.517. The minimum atomic E-state index is -0.389. The summed E-state index contributed by atoms with van der Waals surface area (Å²) in [5.41, 5.74) is 2.60. The zero-order chi connectivity index (χ0) is 20.0. The summed E-state index contributed by atoms with van der Waals surface area (Å²) in [5, 5.41) is 13.7. The summed E-state index contributed by atoms with van der Waals surface area (Å²) < 4.78 is 5.54. The van der Waals surface area contributed by atoms with Crippen LogP contribution in [-0.4, -0.2) is 49.4 Å². The Morgan fingerprint density at radius 1 is 1.26 bits per heavy atom. The topological polar surface area (TPSA) is 86.0 Å². The number of hydrogen-bond acceptors (Lipinski definition) is 6. The second kappa shape index (κ2) is 9.53. The Kier molecular flexibility index (Phi) is 7.38. The van der Waals surface area contributed by atoms with Crippen LogP contribution in [0.2, 0.25) is 0 Å². The van der Waals surface area contributed by atoms with E-state index < -0.39 is 0 Å².